The van der Waals surface area contributed by atoms with E-state index in [0.29, 0.717) is 5.69 Å². The van der Waals surface area contributed by atoms with Gasteiger partial charge in [0.2, 0.25) is 11.8 Å². The molecule has 4 atom stereocenters. The highest BCUT2D eigenvalue weighted by Crippen LogP contribution is 2.54. The van der Waals surface area contributed by atoms with Gasteiger partial charge in [0.25, 0.3) is 6.29 Å². The molecule has 8 heteroatoms. The van der Waals surface area contributed by atoms with Crippen LogP contribution in [0.5, 0.6) is 0 Å². The fraction of sp³-hybridized carbons (Fsp3) is 0.368. The number of fused-ring (bicyclic) bond motifs is 5. The van der Waals surface area contributed by atoms with E-state index in [2.05, 4.69) is 0 Å². The number of benzene rings is 1. The Morgan fingerprint density at radius 2 is 1.70 bits per heavy atom. The number of amides is 2. The van der Waals surface area contributed by atoms with Crippen molar-refractivity contribution in [3.63, 3.8) is 0 Å². The van der Waals surface area contributed by atoms with Crippen LogP contribution < -0.4 is 4.90 Å². The highest BCUT2D eigenvalue weighted by molar-refractivity contribution is 6.23. The predicted molar refractivity (Wildman–Crippen MR) is 90.0 cm³/mol. The lowest BCUT2D eigenvalue weighted by molar-refractivity contribution is -0.226. The van der Waals surface area contributed by atoms with Gasteiger partial charge in [-0.05, 0) is 18.2 Å². The van der Waals surface area contributed by atoms with Gasteiger partial charge in [-0.15, -0.1) is 0 Å². The molecule has 0 saturated carbocycles. The van der Waals surface area contributed by atoms with Crippen LogP contribution in [0.1, 0.15) is 13.8 Å². The van der Waals surface area contributed by atoms with Crippen molar-refractivity contribution in [3.8, 4) is 0 Å². The lowest BCUT2D eigenvalue weighted by Crippen LogP contribution is -2.52. The van der Waals surface area contributed by atoms with E-state index in [1.54, 1.807) is 42.5 Å². The van der Waals surface area contributed by atoms with Crippen LogP contribution in [-0.4, -0.2) is 41.7 Å². The van der Waals surface area contributed by atoms with Gasteiger partial charge in [0.15, 0.2) is 5.60 Å². The second-order valence-electron chi connectivity index (χ2n) is 6.70. The van der Waals surface area contributed by atoms with E-state index >= 15 is 0 Å². The molecule has 3 aliphatic rings. The number of nitrogens with zero attached hydrogens (tertiary/aromatic N) is 1. The molecule has 0 spiro atoms. The summed E-state index contributed by atoms with van der Waals surface area (Å²) in [5.74, 6) is -3.99. The first kappa shape index (κ1) is 17.4. The monoisotopic (exact) mass is 371 g/mol. The maximum absolute atomic E-state index is 13.2. The molecule has 4 rings (SSSR count). The van der Waals surface area contributed by atoms with Gasteiger partial charge in [0, 0.05) is 13.8 Å². The van der Waals surface area contributed by atoms with E-state index in [-0.39, 0.29) is 0 Å². The maximum atomic E-state index is 13.2. The van der Waals surface area contributed by atoms with Gasteiger partial charge < -0.3 is 14.2 Å². The molecule has 140 valence electrons. The van der Waals surface area contributed by atoms with Crippen molar-refractivity contribution >= 4 is 29.4 Å². The summed E-state index contributed by atoms with van der Waals surface area (Å²) in [6, 6.07) is 8.56. The van der Waals surface area contributed by atoms with Crippen molar-refractivity contribution in [2.45, 2.75) is 31.8 Å². The summed E-state index contributed by atoms with van der Waals surface area (Å²) in [6.07, 6.45) is 1.07. The Bertz CT molecular complexity index is 848. The van der Waals surface area contributed by atoms with Gasteiger partial charge in [-0.25, -0.2) is 4.90 Å². The molecule has 1 aromatic rings. The summed E-state index contributed by atoms with van der Waals surface area (Å²) in [6.45, 7) is 2.32. The Morgan fingerprint density at radius 1 is 1.07 bits per heavy atom. The van der Waals surface area contributed by atoms with Crippen LogP contribution >= 0.6 is 0 Å². The van der Waals surface area contributed by atoms with Crippen LogP contribution in [0, 0.1) is 11.8 Å². The SMILES string of the molecule is CC(=O)OC(OC(C)=O)[C@@]12C=C[C@@H](O1)[C@@H]1C(=O)N(c3ccccc3)C(=O)[C@H]12. The van der Waals surface area contributed by atoms with Crippen LogP contribution in [0.15, 0.2) is 42.5 Å². The average molecular weight is 371 g/mol. The molecule has 0 radical (unpaired) electrons. The number of carbonyl (C=O) groups is 4. The molecule has 0 aliphatic carbocycles. The molecular weight excluding hydrogens is 354 g/mol. The molecule has 0 N–H and O–H groups in total. The van der Waals surface area contributed by atoms with Gasteiger partial charge in [-0.1, -0.05) is 24.3 Å². The highest BCUT2D eigenvalue weighted by Gasteiger charge is 2.72. The fourth-order valence-corrected chi connectivity index (χ4v) is 4.05. The van der Waals surface area contributed by atoms with Gasteiger partial charge >= 0.3 is 11.9 Å². The van der Waals surface area contributed by atoms with Crippen LogP contribution in [0.3, 0.4) is 0 Å². The number of para-hydroxylation sites is 1. The Labute approximate surface area is 154 Å². The number of carbonyl (C=O) groups excluding carboxylic acids is 4. The summed E-state index contributed by atoms with van der Waals surface area (Å²) in [4.78, 5) is 50.3. The Morgan fingerprint density at radius 3 is 2.30 bits per heavy atom. The molecule has 0 aromatic heterocycles. The van der Waals surface area contributed by atoms with Crippen molar-refractivity contribution in [3.05, 3.63) is 42.5 Å². The summed E-state index contributed by atoms with van der Waals surface area (Å²) in [5.41, 5.74) is -1.07. The zero-order chi connectivity index (χ0) is 19.3. The highest BCUT2D eigenvalue weighted by atomic mass is 16.7. The lowest BCUT2D eigenvalue weighted by Gasteiger charge is -2.34. The van der Waals surface area contributed by atoms with E-state index in [9.17, 15) is 19.2 Å². The third-order valence-corrected chi connectivity index (χ3v) is 5.01. The molecule has 1 aromatic carbocycles. The largest absolute Gasteiger partial charge is 0.422 e. The number of hydrogen-bond acceptors (Lipinski definition) is 7. The molecule has 27 heavy (non-hydrogen) atoms. The first-order chi connectivity index (χ1) is 12.8. The van der Waals surface area contributed by atoms with Crippen LogP contribution in [0.4, 0.5) is 5.69 Å². The number of anilines is 1. The smallest absolute Gasteiger partial charge is 0.305 e. The van der Waals surface area contributed by atoms with Crippen molar-refractivity contribution < 1.29 is 33.4 Å². The van der Waals surface area contributed by atoms with Crippen LogP contribution in [0.25, 0.3) is 0 Å². The quantitative estimate of drug-likeness (QED) is 0.336. The van der Waals surface area contributed by atoms with E-state index in [0.717, 1.165) is 18.7 Å². The number of imide groups is 1. The van der Waals surface area contributed by atoms with Crippen molar-refractivity contribution in [2.24, 2.45) is 11.8 Å². The Kier molecular flexibility index (Phi) is 3.88. The molecule has 3 aliphatic heterocycles. The first-order valence-corrected chi connectivity index (χ1v) is 8.49. The fourth-order valence-electron chi connectivity index (χ4n) is 4.05. The van der Waals surface area contributed by atoms with E-state index in [1.165, 1.54) is 0 Å². The standard InChI is InChI=1S/C19H17NO7/c1-10(21)25-18(26-11(2)22)19-9-8-13(27-19)14-15(19)17(24)20(16(14)23)12-6-4-3-5-7-12/h3-9,13-15,18H,1-2H3/t13-,14+,15+,19+/m1/s1. The number of ether oxygens (including phenoxy) is 3. The summed E-state index contributed by atoms with van der Waals surface area (Å²) in [5, 5.41) is 0. The minimum absolute atomic E-state index is 0.392. The zero-order valence-corrected chi connectivity index (χ0v) is 14.7. The minimum atomic E-state index is -1.52. The molecule has 2 fully saturated rings. The number of rotatable bonds is 4. The molecule has 2 bridgehead atoms. The lowest BCUT2D eigenvalue weighted by atomic mass is 9.76. The molecule has 8 nitrogen and oxygen atoms in total. The molecular formula is C19H17NO7. The number of hydrogen-bond donors (Lipinski definition) is 0. The van der Waals surface area contributed by atoms with Gasteiger partial charge in [0.05, 0.1) is 23.6 Å². The van der Waals surface area contributed by atoms with E-state index in [1.807, 2.05) is 0 Å². The third-order valence-electron chi connectivity index (χ3n) is 5.01. The summed E-state index contributed by atoms with van der Waals surface area (Å²) < 4.78 is 16.2. The minimum Gasteiger partial charge on any atom is -0.422 e. The van der Waals surface area contributed by atoms with Crippen molar-refractivity contribution in [2.75, 3.05) is 4.90 Å². The van der Waals surface area contributed by atoms with Crippen molar-refractivity contribution in [1.82, 2.24) is 0 Å². The predicted octanol–water partition coefficient (Wildman–Crippen LogP) is 0.952. The molecule has 2 saturated heterocycles. The zero-order valence-electron chi connectivity index (χ0n) is 14.7. The average Bonchev–Trinajstić information content (AvgIpc) is 3.26. The Hall–Kier alpha value is -3.00. The summed E-state index contributed by atoms with van der Waals surface area (Å²) >= 11 is 0. The summed E-state index contributed by atoms with van der Waals surface area (Å²) in [7, 11) is 0. The number of esters is 2. The van der Waals surface area contributed by atoms with Crippen LogP contribution in [-0.2, 0) is 33.4 Å². The molecule has 2 amide bonds. The van der Waals surface area contributed by atoms with Crippen LogP contribution in [0.2, 0.25) is 0 Å². The second kappa shape index (κ2) is 6.02. The molecule has 3 heterocycles. The van der Waals surface area contributed by atoms with E-state index < -0.39 is 53.6 Å². The maximum Gasteiger partial charge on any atom is 0.305 e. The van der Waals surface area contributed by atoms with Gasteiger partial charge in [0.1, 0.15) is 0 Å². The normalized spacial score (nSPS) is 30.8. The first-order valence-electron chi connectivity index (χ1n) is 8.49. The van der Waals surface area contributed by atoms with Gasteiger partial charge in [-0.3, -0.25) is 19.2 Å². The third kappa shape index (κ3) is 2.48. The topological polar surface area (TPSA) is 99.2 Å². The second-order valence-corrected chi connectivity index (χ2v) is 6.70. The Balaban J connectivity index is 1.75. The van der Waals surface area contributed by atoms with Crippen molar-refractivity contribution in [1.29, 1.82) is 0 Å². The van der Waals surface area contributed by atoms with Gasteiger partial charge in [-0.2, -0.15) is 0 Å². The molecule has 0 unspecified atom stereocenters. The van der Waals surface area contributed by atoms with E-state index in [4.69, 9.17) is 14.2 Å².